The molecular weight excluding hydrogens is 316 g/mol. The first-order valence-electron chi connectivity index (χ1n) is 8.22. The average molecular weight is 336 g/mol. The molecule has 0 fully saturated rings. The van der Waals surface area contributed by atoms with Crippen molar-refractivity contribution in [2.45, 2.75) is 32.7 Å². The summed E-state index contributed by atoms with van der Waals surface area (Å²) in [5, 5.41) is 6.88. The third-order valence-corrected chi connectivity index (χ3v) is 3.88. The van der Waals surface area contributed by atoms with E-state index in [4.69, 9.17) is 4.52 Å². The summed E-state index contributed by atoms with van der Waals surface area (Å²) in [4.78, 5) is 20.6. The van der Waals surface area contributed by atoms with Gasteiger partial charge in [0.05, 0.1) is 6.04 Å². The highest BCUT2D eigenvalue weighted by Gasteiger charge is 2.13. The van der Waals surface area contributed by atoms with E-state index in [1.165, 1.54) is 5.56 Å². The molecule has 0 aliphatic heterocycles. The van der Waals surface area contributed by atoms with Crippen molar-refractivity contribution < 1.29 is 9.32 Å². The zero-order valence-electron chi connectivity index (χ0n) is 14.3. The molecule has 6 nitrogen and oxygen atoms in total. The van der Waals surface area contributed by atoms with Crippen LogP contribution in [0.15, 0.2) is 53.2 Å². The zero-order valence-corrected chi connectivity index (χ0v) is 14.3. The number of rotatable bonds is 6. The van der Waals surface area contributed by atoms with Crippen LogP contribution in [0.25, 0.3) is 11.5 Å². The largest absolute Gasteiger partial charge is 0.350 e. The van der Waals surface area contributed by atoms with Gasteiger partial charge in [-0.2, -0.15) is 4.98 Å². The minimum Gasteiger partial charge on any atom is -0.350 e. The van der Waals surface area contributed by atoms with Crippen LogP contribution in [0.1, 0.15) is 36.4 Å². The number of hydrogen-bond donors (Lipinski definition) is 1. The van der Waals surface area contributed by atoms with Crippen LogP contribution in [0.3, 0.4) is 0 Å². The molecule has 0 bridgehead atoms. The maximum atomic E-state index is 12.1. The van der Waals surface area contributed by atoms with Crippen molar-refractivity contribution in [3.8, 4) is 11.5 Å². The molecule has 0 saturated heterocycles. The van der Waals surface area contributed by atoms with Gasteiger partial charge in [-0.25, -0.2) is 0 Å². The van der Waals surface area contributed by atoms with Gasteiger partial charge in [0.1, 0.15) is 5.69 Å². The Morgan fingerprint density at radius 3 is 2.72 bits per heavy atom. The van der Waals surface area contributed by atoms with Crippen molar-refractivity contribution in [1.29, 1.82) is 0 Å². The highest BCUT2D eigenvalue weighted by molar-refractivity contribution is 5.76. The summed E-state index contributed by atoms with van der Waals surface area (Å²) in [5.41, 5.74) is 2.92. The van der Waals surface area contributed by atoms with Gasteiger partial charge >= 0.3 is 0 Å². The lowest BCUT2D eigenvalue weighted by Crippen LogP contribution is -2.26. The molecule has 0 aliphatic carbocycles. The SMILES string of the molecule is Cc1ccc(C(C)NC(=O)CCc2nc(-c3ccccn3)no2)cc1. The minimum absolute atomic E-state index is 0.0418. The molecule has 1 amide bonds. The summed E-state index contributed by atoms with van der Waals surface area (Å²) in [6.45, 7) is 4.01. The number of amides is 1. The Hall–Kier alpha value is -3.02. The van der Waals surface area contributed by atoms with Gasteiger partial charge in [0, 0.05) is 19.0 Å². The molecule has 1 aromatic carbocycles. The maximum absolute atomic E-state index is 12.1. The molecule has 0 radical (unpaired) electrons. The molecule has 6 heteroatoms. The number of pyridine rings is 1. The van der Waals surface area contributed by atoms with E-state index in [1.807, 2.05) is 56.3 Å². The molecule has 128 valence electrons. The lowest BCUT2D eigenvalue weighted by atomic mass is 10.1. The van der Waals surface area contributed by atoms with E-state index in [2.05, 4.69) is 20.4 Å². The van der Waals surface area contributed by atoms with Crippen LogP contribution in [-0.2, 0) is 11.2 Å². The molecule has 2 heterocycles. The zero-order chi connectivity index (χ0) is 17.6. The molecular formula is C19H20N4O2. The molecule has 25 heavy (non-hydrogen) atoms. The average Bonchev–Trinajstić information content (AvgIpc) is 3.10. The summed E-state index contributed by atoms with van der Waals surface area (Å²) < 4.78 is 5.19. The van der Waals surface area contributed by atoms with E-state index in [9.17, 15) is 4.79 Å². The first-order chi connectivity index (χ1) is 12.1. The Morgan fingerprint density at radius 1 is 1.20 bits per heavy atom. The highest BCUT2D eigenvalue weighted by atomic mass is 16.5. The lowest BCUT2D eigenvalue weighted by molar-refractivity contribution is -0.121. The van der Waals surface area contributed by atoms with E-state index in [-0.39, 0.29) is 11.9 Å². The first-order valence-corrected chi connectivity index (χ1v) is 8.22. The number of benzene rings is 1. The van der Waals surface area contributed by atoms with Gasteiger partial charge in [0.15, 0.2) is 0 Å². The summed E-state index contributed by atoms with van der Waals surface area (Å²) in [6.07, 6.45) is 2.36. The monoisotopic (exact) mass is 336 g/mol. The second kappa shape index (κ2) is 7.70. The summed E-state index contributed by atoms with van der Waals surface area (Å²) in [6, 6.07) is 13.6. The Bertz CT molecular complexity index is 828. The standard InChI is InChI=1S/C19H20N4O2/c1-13-6-8-15(9-7-13)14(2)21-17(24)10-11-18-22-19(23-25-18)16-5-3-4-12-20-16/h3-9,12,14H,10-11H2,1-2H3,(H,21,24). The summed E-state index contributed by atoms with van der Waals surface area (Å²) in [7, 11) is 0. The molecule has 2 aromatic heterocycles. The van der Waals surface area contributed by atoms with Crippen LogP contribution in [0, 0.1) is 6.92 Å². The van der Waals surface area contributed by atoms with Crippen LogP contribution < -0.4 is 5.32 Å². The van der Waals surface area contributed by atoms with Gasteiger partial charge in [-0.3, -0.25) is 9.78 Å². The molecule has 1 atom stereocenters. The first kappa shape index (κ1) is 16.8. The molecule has 3 rings (SSSR count). The fourth-order valence-corrected chi connectivity index (χ4v) is 2.43. The van der Waals surface area contributed by atoms with Crippen LogP contribution >= 0.6 is 0 Å². The predicted molar refractivity (Wildman–Crippen MR) is 93.6 cm³/mol. The number of aromatic nitrogens is 3. The highest BCUT2D eigenvalue weighted by Crippen LogP contribution is 2.15. The number of nitrogens with one attached hydrogen (secondary N) is 1. The Labute approximate surface area is 146 Å². The summed E-state index contributed by atoms with van der Waals surface area (Å²) >= 11 is 0. The molecule has 3 aromatic rings. The van der Waals surface area contributed by atoms with Crippen molar-refractivity contribution in [2.24, 2.45) is 0 Å². The van der Waals surface area contributed by atoms with Crippen molar-refractivity contribution >= 4 is 5.91 Å². The lowest BCUT2D eigenvalue weighted by Gasteiger charge is -2.14. The number of carbonyl (C=O) groups is 1. The van der Waals surface area contributed by atoms with Gasteiger partial charge in [-0.15, -0.1) is 0 Å². The Kier molecular flexibility index (Phi) is 5.18. The number of carbonyl (C=O) groups excluding carboxylic acids is 1. The normalized spacial score (nSPS) is 11.9. The second-order valence-corrected chi connectivity index (χ2v) is 5.93. The van der Waals surface area contributed by atoms with Crippen LogP contribution in [0.5, 0.6) is 0 Å². The van der Waals surface area contributed by atoms with E-state index in [0.717, 1.165) is 5.56 Å². The fraction of sp³-hybridized carbons (Fsp3) is 0.263. The molecule has 1 N–H and O–H groups in total. The van der Waals surface area contributed by atoms with E-state index >= 15 is 0 Å². The van der Waals surface area contributed by atoms with Gasteiger partial charge in [0.2, 0.25) is 17.6 Å². The van der Waals surface area contributed by atoms with E-state index < -0.39 is 0 Å². The molecule has 0 spiro atoms. The molecule has 1 unspecified atom stereocenters. The fourth-order valence-electron chi connectivity index (χ4n) is 2.43. The third-order valence-electron chi connectivity index (χ3n) is 3.88. The topological polar surface area (TPSA) is 80.9 Å². The Balaban J connectivity index is 1.52. The van der Waals surface area contributed by atoms with Crippen molar-refractivity contribution in [3.63, 3.8) is 0 Å². The second-order valence-electron chi connectivity index (χ2n) is 5.93. The van der Waals surface area contributed by atoms with Crippen LogP contribution in [0.4, 0.5) is 0 Å². The number of hydrogen-bond acceptors (Lipinski definition) is 5. The van der Waals surface area contributed by atoms with Crippen LogP contribution in [0.2, 0.25) is 0 Å². The molecule has 0 aliphatic rings. The van der Waals surface area contributed by atoms with E-state index in [0.29, 0.717) is 30.3 Å². The smallest absolute Gasteiger partial charge is 0.227 e. The van der Waals surface area contributed by atoms with Crippen molar-refractivity contribution in [2.75, 3.05) is 0 Å². The minimum atomic E-state index is -0.0503. The summed E-state index contributed by atoms with van der Waals surface area (Å²) in [5.74, 6) is 0.813. The van der Waals surface area contributed by atoms with Gasteiger partial charge in [-0.05, 0) is 31.5 Å². The predicted octanol–water partition coefficient (Wildman–Crippen LogP) is 3.25. The molecule has 0 saturated carbocycles. The van der Waals surface area contributed by atoms with Crippen LogP contribution in [-0.4, -0.2) is 21.0 Å². The Morgan fingerprint density at radius 2 is 2.00 bits per heavy atom. The van der Waals surface area contributed by atoms with E-state index in [1.54, 1.807) is 6.20 Å². The van der Waals surface area contributed by atoms with Gasteiger partial charge in [-0.1, -0.05) is 41.1 Å². The number of aryl methyl sites for hydroxylation is 2. The van der Waals surface area contributed by atoms with Gasteiger partial charge < -0.3 is 9.84 Å². The third kappa shape index (κ3) is 4.50. The maximum Gasteiger partial charge on any atom is 0.227 e. The van der Waals surface area contributed by atoms with Gasteiger partial charge in [0.25, 0.3) is 0 Å². The number of nitrogens with zero attached hydrogens (tertiary/aromatic N) is 3. The van der Waals surface area contributed by atoms with Crippen molar-refractivity contribution in [1.82, 2.24) is 20.4 Å². The quantitative estimate of drug-likeness (QED) is 0.747. The van der Waals surface area contributed by atoms with Crippen molar-refractivity contribution in [3.05, 3.63) is 65.7 Å².